The van der Waals surface area contributed by atoms with Crippen LogP contribution < -0.4 is 0 Å². The van der Waals surface area contributed by atoms with E-state index in [0.717, 1.165) is 44.5 Å². The van der Waals surface area contributed by atoms with E-state index in [9.17, 15) is 0 Å². The maximum absolute atomic E-state index is 6.56. The van der Waals surface area contributed by atoms with Crippen LogP contribution in [0.3, 0.4) is 0 Å². The molecule has 0 atom stereocenters. The molecule has 0 fully saturated rings. The van der Waals surface area contributed by atoms with E-state index in [1.807, 2.05) is 6.07 Å². The standard InChI is InChI=1S/C32H31N3O/c1-18-16-20(3)28(21(4)17-18)35-25-11-9-8-10-24(25)33-30(35)23-13-12-19(2)27-22-14-15-26(32(5,6)7)34-31(22)36-29(23)27/h8-17H,1-7H3. The van der Waals surface area contributed by atoms with Crippen molar-refractivity contribution < 1.29 is 4.42 Å². The minimum atomic E-state index is -0.0560. The second kappa shape index (κ2) is 7.79. The first-order valence-corrected chi connectivity index (χ1v) is 12.5. The van der Waals surface area contributed by atoms with E-state index in [2.05, 4.69) is 108 Å². The van der Waals surface area contributed by atoms with Crippen molar-refractivity contribution in [1.82, 2.24) is 14.5 Å². The highest BCUT2D eigenvalue weighted by Crippen LogP contribution is 2.40. The number of hydrogen-bond donors (Lipinski definition) is 0. The lowest BCUT2D eigenvalue weighted by Gasteiger charge is -2.16. The normalized spacial score (nSPS) is 12.3. The van der Waals surface area contributed by atoms with Gasteiger partial charge in [-0.2, -0.15) is 0 Å². The van der Waals surface area contributed by atoms with E-state index < -0.39 is 0 Å². The molecule has 0 saturated carbocycles. The Morgan fingerprint density at radius 1 is 0.778 bits per heavy atom. The summed E-state index contributed by atoms with van der Waals surface area (Å²) in [6, 6.07) is 21.4. The van der Waals surface area contributed by atoms with Crippen molar-refractivity contribution in [2.75, 3.05) is 0 Å². The Bertz CT molecular complexity index is 1790. The van der Waals surface area contributed by atoms with Gasteiger partial charge in [0.25, 0.3) is 0 Å². The van der Waals surface area contributed by atoms with Crippen molar-refractivity contribution in [3.05, 3.63) is 88.6 Å². The van der Waals surface area contributed by atoms with Crippen LogP contribution in [0.4, 0.5) is 0 Å². The zero-order valence-corrected chi connectivity index (χ0v) is 22.0. The maximum Gasteiger partial charge on any atom is 0.227 e. The molecule has 0 unspecified atom stereocenters. The Balaban J connectivity index is 1.72. The maximum atomic E-state index is 6.56. The van der Waals surface area contributed by atoms with Gasteiger partial charge in [0.2, 0.25) is 5.71 Å². The van der Waals surface area contributed by atoms with Gasteiger partial charge in [0.1, 0.15) is 11.4 Å². The molecule has 3 aromatic heterocycles. The summed E-state index contributed by atoms with van der Waals surface area (Å²) in [5.74, 6) is 0.881. The third kappa shape index (κ3) is 3.35. The molecular weight excluding hydrogens is 442 g/mol. The molecule has 3 aromatic carbocycles. The van der Waals surface area contributed by atoms with Gasteiger partial charge in [0.05, 0.1) is 22.3 Å². The SMILES string of the molecule is Cc1cc(C)c(-n2c(-c3ccc(C)c4c3oc3nc(C(C)(C)C)ccc34)nc3ccccc32)c(C)c1. The Labute approximate surface area is 211 Å². The zero-order chi connectivity index (χ0) is 25.4. The van der Waals surface area contributed by atoms with Crippen LogP contribution in [0, 0.1) is 27.7 Å². The van der Waals surface area contributed by atoms with Crippen molar-refractivity contribution in [2.24, 2.45) is 0 Å². The van der Waals surface area contributed by atoms with Gasteiger partial charge in [-0.25, -0.2) is 9.97 Å². The van der Waals surface area contributed by atoms with Gasteiger partial charge >= 0.3 is 0 Å². The molecule has 0 aliphatic heterocycles. The quantitative estimate of drug-likeness (QED) is 0.253. The zero-order valence-electron chi connectivity index (χ0n) is 22.0. The fourth-order valence-corrected chi connectivity index (χ4v) is 5.48. The molecule has 6 aromatic rings. The van der Waals surface area contributed by atoms with E-state index >= 15 is 0 Å². The van der Waals surface area contributed by atoms with Crippen LogP contribution in [0.5, 0.6) is 0 Å². The van der Waals surface area contributed by atoms with Crippen molar-refractivity contribution in [3.8, 4) is 17.1 Å². The average molecular weight is 474 g/mol. The van der Waals surface area contributed by atoms with Crippen LogP contribution >= 0.6 is 0 Å². The molecule has 0 radical (unpaired) electrons. The molecule has 0 aliphatic rings. The number of pyridine rings is 1. The summed E-state index contributed by atoms with van der Waals surface area (Å²) in [7, 11) is 0. The molecule has 0 aliphatic carbocycles. The molecule has 180 valence electrons. The summed E-state index contributed by atoms with van der Waals surface area (Å²) in [4.78, 5) is 10.1. The van der Waals surface area contributed by atoms with Crippen LogP contribution in [0.1, 0.15) is 48.7 Å². The predicted molar refractivity (Wildman–Crippen MR) is 149 cm³/mol. The topological polar surface area (TPSA) is 43.9 Å². The fourth-order valence-electron chi connectivity index (χ4n) is 5.48. The van der Waals surface area contributed by atoms with Crippen LogP contribution in [0.15, 0.2) is 65.1 Å². The van der Waals surface area contributed by atoms with E-state index in [4.69, 9.17) is 14.4 Å². The summed E-state index contributed by atoms with van der Waals surface area (Å²) in [5, 5.41) is 2.15. The first-order valence-electron chi connectivity index (χ1n) is 12.5. The summed E-state index contributed by atoms with van der Waals surface area (Å²) in [5.41, 5.74) is 11.5. The number of hydrogen-bond acceptors (Lipinski definition) is 3. The highest BCUT2D eigenvalue weighted by atomic mass is 16.3. The number of furan rings is 1. The fraction of sp³-hybridized carbons (Fsp3) is 0.250. The number of para-hydroxylation sites is 2. The molecular formula is C32H31N3O. The van der Waals surface area contributed by atoms with Crippen LogP contribution in [-0.4, -0.2) is 14.5 Å². The lowest BCUT2D eigenvalue weighted by atomic mass is 9.91. The highest BCUT2D eigenvalue weighted by molar-refractivity contribution is 6.10. The first kappa shape index (κ1) is 22.5. The van der Waals surface area contributed by atoms with E-state index in [-0.39, 0.29) is 5.41 Å². The average Bonchev–Trinajstić information content (AvgIpc) is 3.37. The van der Waals surface area contributed by atoms with Crippen molar-refractivity contribution in [2.45, 2.75) is 53.9 Å². The molecule has 0 amide bonds. The molecule has 4 nitrogen and oxygen atoms in total. The van der Waals surface area contributed by atoms with Crippen molar-refractivity contribution in [1.29, 1.82) is 0 Å². The molecule has 36 heavy (non-hydrogen) atoms. The number of fused-ring (bicyclic) bond motifs is 4. The van der Waals surface area contributed by atoms with Crippen LogP contribution in [0.2, 0.25) is 0 Å². The van der Waals surface area contributed by atoms with Crippen LogP contribution in [-0.2, 0) is 5.41 Å². The highest BCUT2D eigenvalue weighted by Gasteiger charge is 2.24. The number of nitrogens with zero attached hydrogens (tertiary/aromatic N) is 3. The summed E-state index contributed by atoms with van der Waals surface area (Å²) in [6.07, 6.45) is 0. The number of imidazole rings is 1. The van der Waals surface area contributed by atoms with Gasteiger partial charge in [-0.3, -0.25) is 4.57 Å². The molecule has 0 bridgehead atoms. The first-order chi connectivity index (χ1) is 17.1. The van der Waals surface area contributed by atoms with E-state index in [1.165, 1.54) is 27.9 Å². The summed E-state index contributed by atoms with van der Waals surface area (Å²) in [6.45, 7) is 15.2. The Morgan fingerprint density at radius 2 is 1.50 bits per heavy atom. The number of benzene rings is 3. The Hall–Kier alpha value is -3.92. The third-order valence-electron chi connectivity index (χ3n) is 7.12. The molecule has 0 saturated heterocycles. The lowest BCUT2D eigenvalue weighted by molar-refractivity contribution is 0.562. The van der Waals surface area contributed by atoms with Gasteiger partial charge in [0.15, 0.2) is 0 Å². The largest absolute Gasteiger partial charge is 0.437 e. The molecule has 6 rings (SSSR count). The van der Waals surface area contributed by atoms with Gasteiger partial charge < -0.3 is 4.42 Å². The molecule has 4 heteroatoms. The number of aromatic nitrogens is 3. The third-order valence-corrected chi connectivity index (χ3v) is 7.12. The summed E-state index contributed by atoms with van der Waals surface area (Å²) < 4.78 is 8.85. The minimum absolute atomic E-state index is 0.0560. The van der Waals surface area contributed by atoms with Gasteiger partial charge in [0, 0.05) is 21.9 Å². The van der Waals surface area contributed by atoms with Crippen molar-refractivity contribution >= 4 is 33.1 Å². The second-order valence-electron chi connectivity index (χ2n) is 11.0. The Morgan fingerprint density at radius 3 is 2.22 bits per heavy atom. The van der Waals surface area contributed by atoms with E-state index in [0.29, 0.717) is 5.71 Å². The predicted octanol–water partition coefficient (Wildman–Crippen LogP) is 8.52. The number of rotatable bonds is 2. The molecule has 3 heterocycles. The van der Waals surface area contributed by atoms with Gasteiger partial charge in [-0.15, -0.1) is 0 Å². The van der Waals surface area contributed by atoms with Gasteiger partial charge in [-0.05, 0) is 74.7 Å². The van der Waals surface area contributed by atoms with E-state index in [1.54, 1.807) is 0 Å². The van der Waals surface area contributed by atoms with Crippen molar-refractivity contribution in [3.63, 3.8) is 0 Å². The Kier molecular flexibility index (Phi) is 4.88. The van der Waals surface area contributed by atoms with Gasteiger partial charge in [-0.1, -0.05) is 56.7 Å². The lowest BCUT2D eigenvalue weighted by Crippen LogP contribution is -2.12. The minimum Gasteiger partial charge on any atom is -0.437 e. The van der Waals surface area contributed by atoms with Crippen LogP contribution in [0.25, 0.3) is 50.2 Å². The molecule has 0 N–H and O–H groups in total. The number of aryl methyl sites for hydroxylation is 4. The smallest absolute Gasteiger partial charge is 0.227 e. The monoisotopic (exact) mass is 473 g/mol. The second-order valence-corrected chi connectivity index (χ2v) is 11.0. The molecule has 0 spiro atoms. The summed E-state index contributed by atoms with van der Waals surface area (Å²) >= 11 is 0.